The van der Waals surface area contributed by atoms with E-state index in [0.717, 1.165) is 16.8 Å². The molecule has 0 saturated heterocycles. The fourth-order valence-electron chi connectivity index (χ4n) is 2.49. The first-order valence-electron chi connectivity index (χ1n) is 8.62. The van der Waals surface area contributed by atoms with Gasteiger partial charge in [-0.3, -0.25) is 0 Å². The zero-order valence-electron chi connectivity index (χ0n) is 15.7. The zero-order valence-corrected chi connectivity index (χ0v) is 15.7. The minimum Gasteiger partial charge on any atom is -0.454 e. The Labute approximate surface area is 162 Å². The molecule has 0 saturated carbocycles. The summed E-state index contributed by atoms with van der Waals surface area (Å²) in [6, 6.07) is 14.8. The standard InChI is InChI=1S/C20H21N5O3/c1-13-6-8-16(9-7-13)22-20-24-17(23-19(21)25-20)12-28-18(26)15-5-3-4-14(10-15)11-27-2/h3-10H,11-12H2,1-2H3,(H3,21,22,23,24,25). The quantitative estimate of drug-likeness (QED) is 0.603. The smallest absolute Gasteiger partial charge is 0.338 e. The minimum atomic E-state index is -0.481. The van der Waals surface area contributed by atoms with Crippen LogP contribution in [0.1, 0.15) is 27.3 Å². The Bertz CT molecular complexity index is 960. The number of carbonyl (C=O) groups excluding carboxylic acids is 1. The highest BCUT2D eigenvalue weighted by Crippen LogP contribution is 2.15. The van der Waals surface area contributed by atoms with Gasteiger partial charge in [0.1, 0.15) is 0 Å². The third kappa shape index (κ3) is 5.24. The number of carbonyl (C=O) groups is 1. The Morgan fingerprint density at radius 2 is 1.86 bits per heavy atom. The molecule has 1 heterocycles. The van der Waals surface area contributed by atoms with Gasteiger partial charge in [0.25, 0.3) is 0 Å². The normalized spacial score (nSPS) is 10.5. The number of hydrogen-bond donors (Lipinski definition) is 2. The summed E-state index contributed by atoms with van der Waals surface area (Å²) in [7, 11) is 1.60. The van der Waals surface area contributed by atoms with Crippen molar-refractivity contribution in [2.75, 3.05) is 18.2 Å². The monoisotopic (exact) mass is 379 g/mol. The first kappa shape index (κ1) is 19.2. The van der Waals surface area contributed by atoms with Crippen molar-refractivity contribution < 1.29 is 14.3 Å². The van der Waals surface area contributed by atoms with Crippen LogP contribution in [0.5, 0.6) is 0 Å². The van der Waals surface area contributed by atoms with E-state index in [1.54, 1.807) is 25.3 Å². The van der Waals surface area contributed by atoms with Gasteiger partial charge >= 0.3 is 5.97 Å². The molecule has 0 aliphatic rings. The summed E-state index contributed by atoms with van der Waals surface area (Å²) in [6.45, 7) is 2.30. The van der Waals surface area contributed by atoms with E-state index in [-0.39, 0.29) is 24.3 Å². The number of nitrogens with one attached hydrogen (secondary N) is 1. The van der Waals surface area contributed by atoms with E-state index < -0.39 is 5.97 Å². The SMILES string of the molecule is COCc1cccc(C(=O)OCc2nc(N)nc(Nc3ccc(C)cc3)n2)c1. The molecule has 2 aromatic carbocycles. The number of benzene rings is 2. The highest BCUT2D eigenvalue weighted by atomic mass is 16.5. The number of aromatic nitrogens is 3. The molecule has 8 heteroatoms. The molecule has 0 amide bonds. The zero-order chi connectivity index (χ0) is 19.9. The number of nitrogen functional groups attached to an aromatic ring is 1. The Kier molecular flexibility index (Phi) is 6.13. The van der Waals surface area contributed by atoms with Gasteiger partial charge in [0.05, 0.1) is 12.2 Å². The Hall–Kier alpha value is -3.52. The molecule has 0 unspecified atom stereocenters. The lowest BCUT2D eigenvalue weighted by atomic mass is 10.1. The second kappa shape index (κ2) is 8.92. The van der Waals surface area contributed by atoms with Crippen molar-refractivity contribution >= 4 is 23.6 Å². The first-order valence-corrected chi connectivity index (χ1v) is 8.62. The van der Waals surface area contributed by atoms with Gasteiger partial charge in [-0.15, -0.1) is 0 Å². The van der Waals surface area contributed by atoms with E-state index in [1.807, 2.05) is 37.3 Å². The van der Waals surface area contributed by atoms with Crippen molar-refractivity contribution in [3.8, 4) is 0 Å². The van der Waals surface area contributed by atoms with E-state index in [4.69, 9.17) is 15.2 Å². The summed E-state index contributed by atoms with van der Waals surface area (Å²) < 4.78 is 10.4. The predicted octanol–water partition coefficient (Wildman–Crippen LogP) is 3.01. The van der Waals surface area contributed by atoms with Crippen LogP contribution >= 0.6 is 0 Å². The van der Waals surface area contributed by atoms with Crippen LogP contribution < -0.4 is 11.1 Å². The maximum atomic E-state index is 12.3. The van der Waals surface area contributed by atoms with Crippen molar-refractivity contribution in [3.63, 3.8) is 0 Å². The summed E-state index contributed by atoms with van der Waals surface area (Å²) in [5, 5.41) is 3.06. The largest absolute Gasteiger partial charge is 0.454 e. The molecule has 0 fully saturated rings. The average molecular weight is 379 g/mol. The summed E-state index contributed by atoms with van der Waals surface area (Å²) >= 11 is 0. The number of nitrogens with zero attached hydrogens (tertiary/aromatic N) is 3. The van der Waals surface area contributed by atoms with Crippen LogP contribution in [0, 0.1) is 6.92 Å². The van der Waals surface area contributed by atoms with Gasteiger partial charge in [-0.1, -0.05) is 29.8 Å². The summed E-state index contributed by atoms with van der Waals surface area (Å²) in [4.78, 5) is 24.6. The Balaban J connectivity index is 1.67. The lowest BCUT2D eigenvalue weighted by molar-refractivity contribution is 0.0462. The summed E-state index contributed by atoms with van der Waals surface area (Å²) in [5.74, 6) is 0.0933. The second-order valence-corrected chi connectivity index (χ2v) is 6.13. The van der Waals surface area contributed by atoms with Gasteiger partial charge in [-0.25, -0.2) is 4.79 Å². The molecule has 28 heavy (non-hydrogen) atoms. The van der Waals surface area contributed by atoms with Gasteiger partial charge in [-0.05, 0) is 36.8 Å². The van der Waals surface area contributed by atoms with E-state index in [1.165, 1.54) is 0 Å². The third-order valence-corrected chi connectivity index (χ3v) is 3.81. The molecule has 0 spiro atoms. The topological polar surface area (TPSA) is 112 Å². The van der Waals surface area contributed by atoms with Gasteiger partial charge in [-0.2, -0.15) is 15.0 Å². The van der Waals surface area contributed by atoms with E-state index >= 15 is 0 Å². The van der Waals surface area contributed by atoms with Crippen LogP contribution in [0.2, 0.25) is 0 Å². The molecule has 0 aliphatic heterocycles. The number of esters is 1. The Morgan fingerprint density at radius 1 is 1.07 bits per heavy atom. The van der Waals surface area contributed by atoms with E-state index in [0.29, 0.717) is 12.2 Å². The predicted molar refractivity (Wildman–Crippen MR) is 105 cm³/mol. The van der Waals surface area contributed by atoms with Gasteiger partial charge in [0, 0.05) is 12.8 Å². The number of ether oxygens (including phenoxy) is 2. The molecular weight excluding hydrogens is 358 g/mol. The highest BCUT2D eigenvalue weighted by molar-refractivity contribution is 5.89. The van der Waals surface area contributed by atoms with E-state index in [9.17, 15) is 4.79 Å². The van der Waals surface area contributed by atoms with Crippen molar-refractivity contribution in [2.45, 2.75) is 20.1 Å². The molecule has 0 radical (unpaired) electrons. The first-order chi connectivity index (χ1) is 13.5. The number of aryl methyl sites for hydroxylation is 1. The molecule has 3 aromatic rings. The number of anilines is 3. The summed E-state index contributed by atoms with van der Waals surface area (Å²) in [6.07, 6.45) is 0. The lowest BCUT2D eigenvalue weighted by Gasteiger charge is -2.09. The molecule has 0 atom stereocenters. The fourth-order valence-corrected chi connectivity index (χ4v) is 2.49. The molecular formula is C20H21N5O3. The lowest BCUT2D eigenvalue weighted by Crippen LogP contribution is -2.11. The molecule has 1 aromatic heterocycles. The molecule has 3 N–H and O–H groups in total. The van der Waals surface area contributed by atoms with Gasteiger partial charge in [0.15, 0.2) is 12.4 Å². The van der Waals surface area contributed by atoms with Crippen LogP contribution in [0.3, 0.4) is 0 Å². The van der Waals surface area contributed by atoms with Crippen LogP contribution in [-0.4, -0.2) is 28.0 Å². The summed E-state index contributed by atoms with van der Waals surface area (Å²) in [5.41, 5.74) is 9.01. The van der Waals surface area contributed by atoms with Crippen molar-refractivity contribution in [1.82, 2.24) is 15.0 Å². The van der Waals surface area contributed by atoms with Crippen LogP contribution in [-0.2, 0) is 22.7 Å². The number of hydrogen-bond acceptors (Lipinski definition) is 8. The van der Waals surface area contributed by atoms with Crippen LogP contribution in [0.15, 0.2) is 48.5 Å². The molecule has 144 valence electrons. The highest BCUT2D eigenvalue weighted by Gasteiger charge is 2.11. The maximum absolute atomic E-state index is 12.3. The minimum absolute atomic E-state index is 0.0396. The molecule has 8 nitrogen and oxygen atoms in total. The number of methoxy groups -OCH3 is 1. The average Bonchev–Trinajstić information content (AvgIpc) is 2.68. The van der Waals surface area contributed by atoms with Gasteiger partial charge in [0.2, 0.25) is 11.9 Å². The molecule has 3 rings (SSSR count). The maximum Gasteiger partial charge on any atom is 0.338 e. The third-order valence-electron chi connectivity index (χ3n) is 3.81. The van der Waals surface area contributed by atoms with Crippen molar-refractivity contribution in [1.29, 1.82) is 0 Å². The Morgan fingerprint density at radius 3 is 2.61 bits per heavy atom. The molecule has 0 bridgehead atoms. The van der Waals surface area contributed by atoms with Crippen molar-refractivity contribution in [3.05, 3.63) is 71.0 Å². The van der Waals surface area contributed by atoms with E-state index in [2.05, 4.69) is 20.3 Å². The van der Waals surface area contributed by atoms with Crippen LogP contribution in [0.4, 0.5) is 17.6 Å². The second-order valence-electron chi connectivity index (χ2n) is 6.13. The van der Waals surface area contributed by atoms with Crippen LogP contribution in [0.25, 0.3) is 0 Å². The number of nitrogens with two attached hydrogens (primary N) is 1. The number of rotatable bonds is 7. The van der Waals surface area contributed by atoms with Gasteiger partial charge < -0.3 is 20.5 Å². The fraction of sp³-hybridized carbons (Fsp3) is 0.200. The molecule has 0 aliphatic carbocycles. The van der Waals surface area contributed by atoms with Crippen molar-refractivity contribution in [2.24, 2.45) is 0 Å².